The summed E-state index contributed by atoms with van der Waals surface area (Å²) in [5.41, 5.74) is 0.983. The third-order valence-electron chi connectivity index (χ3n) is 2.32. The van der Waals surface area contributed by atoms with Crippen LogP contribution >= 0.6 is 0 Å². The van der Waals surface area contributed by atoms with Crippen LogP contribution in [0.1, 0.15) is 11.7 Å². The quantitative estimate of drug-likeness (QED) is 0.718. The Balaban J connectivity index is 2.28. The zero-order valence-corrected chi connectivity index (χ0v) is 9.20. The zero-order valence-electron chi connectivity index (χ0n) is 8.38. The second-order valence-electron chi connectivity index (χ2n) is 3.52. The van der Waals surface area contributed by atoms with Gasteiger partial charge in [0.15, 0.2) is 9.84 Å². The van der Waals surface area contributed by atoms with Gasteiger partial charge in [-0.3, -0.25) is 0 Å². The van der Waals surface area contributed by atoms with Crippen LogP contribution in [-0.4, -0.2) is 21.3 Å². The molecule has 0 aromatic heterocycles. The maximum Gasteiger partial charge on any atom is 0.175 e. The van der Waals surface area contributed by atoms with Gasteiger partial charge in [0.2, 0.25) is 0 Å². The molecule has 1 unspecified atom stereocenters. The summed E-state index contributed by atoms with van der Waals surface area (Å²) in [6, 6.07) is 6.80. The fourth-order valence-corrected chi connectivity index (χ4v) is 2.14. The second kappa shape index (κ2) is 3.79. The van der Waals surface area contributed by atoms with Crippen molar-refractivity contribution in [2.75, 3.05) is 12.9 Å². The van der Waals surface area contributed by atoms with Crippen LogP contribution in [0, 0.1) is 0 Å². The van der Waals surface area contributed by atoms with E-state index in [1.165, 1.54) is 6.26 Å². The number of hydrogen-bond acceptors (Lipinski definition) is 3. The molecule has 1 heterocycles. The van der Waals surface area contributed by atoms with Gasteiger partial charge in [-0.2, -0.15) is 0 Å². The Hall–Kier alpha value is -1.13. The molecule has 15 heavy (non-hydrogen) atoms. The third kappa shape index (κ3) is 2.27. The van der Waals surface area contributed by atoms with Crippen LogP contribution in [0.5, 0.6) is 0 Å². The van der Waals surface area contributed by atoms with Crippen molar-refractivity contribution in [3.05, 3.63) is 42.0 Å². The maximum absolute atomic E-state index is 11.2. The summed E-state index contributed by atoms with van der Waals surface area (Å²) < 4.78 is 27.8. The molecule has 1 aromatic carbocycles. The third-order valence-corrected chi connectivity index (χ3v) is 3.45. The van der Waals surface area contributed by atoms with Gasteiger partial charge in [-0.05, 0) is 17.7 Å². The lowest BCUT2D eigenvalue weighted by atomic mass is 10.1. The molecule has 0 saturated carbocycles. The summed E-state index contributed by atoms with van der Waals surface area (Å²) in [5, 5.41) is 0. The lowest BCUT2D eigenvalue weighted by Gasteiger charge is -2.08. The molecule has 0 amide bonds. The number of hydrogen-bond donors (Lipinski definition) is 0. The molecule has 1 aromatic rings. The molecule has 0 bridgehead atoms. The Morgan fingerprint density at radius 3 is 2.40 bits per heavy atom. The van der Waals surface area contributed by atoms with Crippen LogP contribution in [0.4, 0.5) is 0 Å². The van der Waals surface area contributed by atoms with E-state index in [0.717, 1.165) is 5.56 Å². The molecule has 1 atom stereocenters. The van der Waals surface area contributed by atoms with Gasteiger partial charge in [0, 0.05) is 6.26 Å². The van der Waals surface area contributed by atoms with Crippen molar-refractivity contribution >= 4 is 9.84 Å². The second-order valence-corrected chi connectivity index (χ2v) is 5.54. The minimum Gasteiger partial charge on any atom is -0.365 e. The first-order chi connectivity index (χ1) is 7.07. The fraction of sp³-hybridized carbons (Fsp3) is 0.273. The van der Waals surface area contributed by atoms with Crippen LogP contribution in [0.3, 0.4) is 0 Å². The standard InChI is InChI=1S/C11H12O3S/c1-15(12,13)10-6-4-9(5-7-10)11-3-2-8-14-11/h2-7,11H,8H2,1H3. The summed E-state index contributed by atoms with van der Waals surface area (Å²) >= 11 is 0. The van der Waals surface area contributed by atoms with Gasteiger partial charge >= 0.3 is 0 Å². The Morgan fingerprint density at radius 2 is 1.93 bits per heavy atom. The maximum atomic E-state index is 11.2. The monoisotopic (exact) mass is 224 g/mol. The van der Waals surface area contributed by atoms with E-state index in [4.69, 9.17) is 4.74 Å². The van der Waals surface area contributed by atoms with Crippen molar-refractivity contribution in [1.82, 2.24) is 0 Å². The van der Waals surface area contributed by atoms with Crippen molar-refractivity contribution in [3.63, 3.8) is 0 Å². The van der Waals surface area contributed by atoms with E-state index < -0.39 is 9.84 Å². The summed E-state index contributed by atoms with van der Waals surface area (Å²) in [4.78, 5) is 0.341. The first kappa shape index (κ1) is 10.4. The van der Waals surface area contributed by atoms with Gasteiger partial charge in [-0.1, -0.05) is 24.3 Å². The Morgan fingerprint density at radius 1 is 1.27 bits per heavy atom. The van der Waals surface area contributed by atoms with E-state index in [0.29, 0.717) is 11.5 Å². The lowest BCUT2D eigenvalue weighted by molar-refractivity contribution is 0.129. The highest BCUT2D eigenvalue weighted by Crippen LogP contribution is 2.23. The van der Waals surface area contributed by atoms with Crippen LogP contribution in [0.2, 0.25) is 0 Å². The fourth-order valence-electron chi connectivity index (χ4n) is 1.51. The van der Waals surface area contributed by atoms with Crippen molar-refractivity contribution in [2.24, 2.45) is 0 Å². The molecule has 1 aliphatic rings. The highest BCUT2D eigenvalue weighted by molar-refractivity contribution is 7.90. The minimum atomic E-state index is -3.10. The van der Waals surface area contributed by atoms with E-state index in [1.54, 1.807) is 24.3 Å². The summed E-state index contributed by atoms with van der Waals surface area (Å²) in [5.74, 6) is 0. The molecule has 2 rings (SSSR count). The number of ether oxygens (including phenoxy) is 1. The Bertz CT molecular complexity index is 471. The van der Waals surface area contributed by atoms with Gasteiger partial charge in [-0.15, -0.1) is 0 Å². The zero-order chi connectivity index (χ0) is 10.9. The largest absolute Gasteiger partial charge is 0.365 e. The van der Waals surface area contributed by atoms with Crippen molar-refractivity contribution in [3.8, 4) is 0 Å². The van der Waals surface area contributed by atoms with E-state index >= 15 is 0 Å². The van der Waals surface area contributed by atoms with Crippen LogP contribution in [-0.2, 0) is 14.6 Å². The molecule has 1 aliphatic heterocycles. The summed E-state index contributed by atoms with van der Waals surface area (Å²) in [6.45, 7) is 0.624. The Kier molecular flexibility index (Phi) is 2.63. The number of sulfone groups is 1. The predicted octanol–water partition coefficient (Wildman–Crippen LogP) is 1.72. The molecule has 0 radical (unpaired) electrons. The van der Waals surface area contributed by atoms with Crippen LogP contribution < -0.4 is 0 Å². The van der Waals surface area contributed by atoms with Crippen molar-refractivity contribution in [2.45, 2.75) is 11.0 Å². The van der Waals surface area contributed by atoms with Crippen molar-refractivity contribution in [1.29, 1.82) is 0 Å². The van der Waals surface area contributed by atoms with Gasteiger partial charge in [0.25, 0.3) is 0 Å². The van der Waals surface area contributed by atoms with E-state index in [1.807, 2.05) is 12.2 Å². The molecule has 0 saturated heterocycles. The molecule has 4 heteroatoms. The Labute approximate surface area is 89.3 Å². The smallest absolute Gasteiger partial charge is 0.175 e. The molecule has 3 nitrogen and oxygen atoms in total. The molecule has 0 aliphatic carbocycles. The van der Waals surface area contributed by atoms with E-state index in [2.05, 4.69) is 0 Å². The van der Waals surface area contributed by atoms with Gasteiger partial charge < -0.3 is 4.74 Å². The molecule has 0 spiro atoms. The SMILES string of the molecule is CS(=O)(=O)c1ccc(C2C=CCO2)cc1. The van der Waals surface area contributed by atoms with E-state index in [9.17, 15) is 8.42 Å². The van der Waals surface area contributed by atoms with Crippen LogP contribution in [0.15, 0.2) is 41.3 Å². The topological polar surface area (TPSA) is 43.4 Å². The molecular formula is C11H12O3S. The minimum absolute atomic E-state index is 0.0291. The highest BCUT2D eigenvalue weighted by Gasteiger charge is 2.13. The summed E-state index contributed by atoms with van der Waals surface area (Å²) in [6.07, 6.45) is 5.09. The molecule has 0 N–H and O–H groups in total. The normalized spacial score (nSPS) is 20.7. The average Bonchev–Trinajstić information content (AvgIpc) is 2.69. The van der Waals surface area contributed by atoms with Crippen LogP contribution in [0.25, 0.3) is 0 Å². The van der Waals surface area contributed by atoms with Gasteiger partial charge in [0.05, 0.1) is 11.5 Å². The van der Waals surface area contributed by atoms with Crippen molar-refractivity contribution < 1.29 is 13.2 Å². The molecule has 80 valence electrons. The molecule has 0 fully saturated rings. The van der Waals surface area contributed by atoms with E-state index in [-0.39, 0.29) is 6.10 Å². The first-order valence-electron chi connectivity index (χ1n) is 4.66. The lowest BCUT2D eigenvalue weighted by Crippen LogP contribution is -1.99. The van der Waals surface area contributed by atoms with Gasteiger partial charge in [-0.25, -0.2) is 8.42 Å². The number of benzene rings is 1. The molecular weight excluding hydrogens is 212 g/mol. The number of rotatable bonds is 2. The highest BCUT2D eigenvalue weighted by atomic mass is 32.2. The summed E-state index contributed by atoms with van der Waals surface area (Å²) in [7, 11) is -3.10. The first-order valence-corrected chi connectivity index (χ1v) is 6.55. The average molecular weight is 224 g/mol. The van der Waals surface area contributed by atoms with Gasteiger partial charge in [0.1, 0.15) is 6.10 Å². The predicted molar refractivity (Wildman–Crippen MR) is 57.4 cm³/mol.